The van der Waals surface area contributed by atoms with E-state index >= 15 is 0 Å². The van der Waals surface area contributed by atoms with Crippen LogP contribution in [0.1, 0.15) is 18.1 Å². The predicted molar refractivity (Wildman–Crippen MR) is 72.2 cm³/mol. The molecule has 1 N–H and O–H groups in total. The Morgan fingerprint density at radius 1 is 1.22 bits per heavy atom. The van der Waals surface area contributed by atoms with E-state index < -0.39 is 0 Å². The lowest BCUT2D eigenvalue weighted by molar-refractivity contribution is 0.243. The number of aliphatic hydroxyl groups excluding tert-OH is 1. The maximum atomic E-state index is 9.33. The molecule has 1 aromatic carbocycles. The lowest BCUT2D eigenvalue weighted by Gasteiger charge is -2.14. The van der Waals surface area contributed by atoms with Crippen molar-refractivity contribution < 1.29 is 14.6 Å². The SMILES string of the molecule is CCOc1cccc(CO)c1OCc1ccsc1. The van der Waals surface area contributed by atoms with Crippen molar-refractivity contribution in [1.29, 1.82) is 0 Å². The highest BCUT2D eigenvalue weighted by atomic mass is 32.1. The Hall–Kier alpha value is -1.52. The van der Waals surface area contributed by atoms with Crippen molar-refractivity contribution in [2.24, 2.45) is 0 Å². The van der Waals surface area contributed by atoms with E-state index in [1.165, 1.54) is 0 Å². The highest BCUT2D eigenvalue weighted by Gasteiger charge is 2.10. The summed E-state index contributed by atoms with van der Waals surface area (Å²) < 4.78 is 11.3. The molecule has 18 heavy (non-hydrogen) atoms. The Balaban J connectivity index is 2.18. The first-order valence-electron chi connectivity index (χ1n) is 5.84. The van der Waals surface area contributed by atoms with Gasteiger partial charge in [-0.3, -0.25) is 0 Å². The summed E-state index contributed by atoms with van der Waals surface area (Å²) in [6.07, 6.45) is 0. The molecular weight excluding hydrogens is 248 g/mol. The zero-order valence-corrected chi connectivity index (χ0v) is 11.1. The van der Waals surface area contributed by atoms with Crippen LogP contribution in [0.2, 0.25) is 0 Å². The molecule has 0 amide bonds. The Morgan fingerprint density at radius 2 is 2.11 bits per heavy atom. The number of rotatable bonds is 6. The number of thiophene rings is 1. The van der Waals surface area contributed by atoms with Gasteiger partial charge in [0.1, 0.15) is 6.61 Å². The van der Waals surface area contributed by atoms with Crippen molar-refractivity contribution in [3.63, 3.8) is 0 Å². The Labute approximate surface area is 111 Å². The van der Waals surface area contributed by atoms with E-state index in [9.17, 15) is 5.11 Å². The molecule has 2 rings (SSSR count). The summed E-state index contributed by atoms with van der Waals surface area (Å²) in [5, 5.41) is 13.4. The van der Waals surface area contributed by atoms with Gasteiger partial charge in [-0.1, -0.05) is 12.1 Å². The summed E-state index contributed by atoms with van der Waals surface area (Å²) in [6.45, 7) is 2.93. The fraction of sp³-hybridized carbons (Fsp3) is 0.286. The number of hydrogen-bond acceptors (Lipinski definition) is 4. The van der Waals surface area contributed by atoms with E-state index in [1.807, 2.05) is 41.9 Å². The molecule has 3 nitrogen and oxygen atoms in total. The Kier molecular flexibility index (Phi) is 4.61. The van der Waals surface area contributed by atoms with Crippen LogP contribution in [0.5, 0.6) is 11.5 Å². The van der Waals surface area contributed by atoms with Gasteiger partial charge in [-0.2, -0.15) is 11.3 Å². The van der Waals surface area contributed by atoms with Crippen LogP contribution < -0.4 is 9.47 Å². The molecule has 0 radical (unpaired) electrons. The normalized spacial score (nSPS) is 10.3. The van der Waals surface area contributed by atoms with Crippen LogP contribution in [-0.4, -0.2) is 11.7 Å². The Morgan fingerprint density at radius 3 is 2.78 bits per heavy atom. The average molecular weight is 264 g/mol. The lowest BCUT2D eigenvalue weighted by Crippen LogP contribution is -2.02. The van der Waals surface area contributed by atoms with Crippen LogP contribution >= 0.6 is 11.3 Å². The maximum absolute atomic E-state index is 9.33. The molecule has 96 valence electrons. The number of hydrogen-bond donors (Lipinski definition) is 1. The van der Waals surface area contributed by atoms with Crippen LogP contribution in [0.3, 0.4) is 0 Å². The van der Waals surface area contributed by atoms with Gasteiger partial charge in [0.05, 0.1) is 13.2 Å². The fourth-order valence-corrected chi connectivity index (χ4v) is 2.30. The van der Waals surface area contributed by atoms with Crippen LogP contribution in [0, 0.1) is 0 Å². The molecule has 1 heterocycles. The lowest BCUT2D eigenvalue weighted by atomic mass is 10.2. The molecule has 1 aromatic heterocycles. The monoisotopic (exact) mass is 264 g/mol. The van der Waals surface area contributed by atoms with Gasteiger partial charge in [0, 0.05) is 5.56 Å². The molecule has 0 saturated heterocycles. The summed E-state index contributed by atoms with van der Waals surface area (Å²) in [5.41, 5.74) is 1.87. The maximum Gasteiger partial charge on any atom is 0.167 e. The van der Waals surface area contributed by atoms with Crippen LogP contribution in [0.25, 0.3) is 0 Å². The molecule has 0 aliphatic heterocycles. The molecule has 0 atom stereocenters. The minimum absolute atomic E-state index is 0.0557. The second kappa shape index (κ2) is 6.42. The molecule has 0 unspecified atom stereocenters. The number of para-hydroxylation sites is 1. The molecule has 0 aliphatic carbocycles. The molecule has 0 aliphatic rings. The summed E-state index contributed by atoms with van der Waals surface area (Å²) in [6, 6.07) is 7.57. The highest BCUT2D eigenvalue weighted by molar-refractivity contribution is 7.07. The number of benzene rings is 1. The molecule has 0 bridgehead atoms. The van der Waals surface area contributed by atoms with Gasteiger partial charge in [0.15, 0.2) is 11.5 Å². The zero-order valence-electron chi connectivity index (χ0n) is 10.3. The van der Waals surface area contributed by atoms with Crippen molar-refractivity contribution in [2.45, 2.75) is 20.1 Å². The van der Waals surface area contributed by atoms with Gasteiger partial charge in [0.25, 0.3) is 0 Å². The van der Waals surface area contributed by atoms with Crippen molar-refractivity contribution in [1.82, 2.24) is 0 Å². The first kappa shape index (κ1) is 12.9. The van der Waals surface area contributed by atoms with E-state index in [0.29, 0.717) is 24.7 Å². The highest BCUT2D eigenvalue weighted by Crippen LogP contribution is 2.32. The smallest absolute Gasteiger partial charge is 0.167 e. The van der Waals surface area contributed by atoms with Gasteiger partial charge in [0.2, 0.25) is 0 Å². The van der Waals surface area contributed by atoms with Crippen molar-refractivity contribution in [2.75, 3.05) is 6.61 Å². The Bertz CT molecular complexity index is 480. The molecule has 2 aromatic rings. The summed E-state index contributed by atoms with van der Waals surface area (Å²) >= 11 is 1.64. The van der Waals surface area contributed by atoms with Crippen molar-refractivity contribution in [3.05, 3.63) is 46.2 Å². The van der Waals surface area contributed by atoms with E-state index in [2.05, 4.69) is 0 Å². The summed E-state index contributed by atoms with van der Waals surface area (Å²) in [7, 11) is 0. The third-order valence-electron chi connectivity index (χ3n) is 2.49. The van der Waals surface area contributed by atoms with Gasteiger partial charge < -0.3 is 14.6 Å². The summed E-state index contributed by atoms with van der Waals surface area (Å²) in [5.74, 6) is 1.31. The minimum atomic E-state index is -0.0557. The first-order valence-corrected chi connectivity index (χ1v) is 6.78. The van der Waals surface area contributed by atoms with E-state index in [0.717, 1.165) is 11.1 Å². The zero-order chi connectivity index (χ0) is 12.8. The molecular formula is C14H16O3S. The predicted octanol–water partition coefficient (Wildman–Crippen LogP) is 3.22. The van der Waals surface area contributed by atoms with E-state index in [1.54, 1.807) is 11.3 Å². The van der Waals surface area contributed by atoms with E-state index in [-0.39, 0.29) is 6.61 Å². The standard InChI is InChI=1S/C14H16O3S/c1-2-16-13-5-3-4-12(8-15)14(13)17-9-11-6-7-18-10-11/h3-7,10,15H,2,8-9H2,1H3. The van der Waals surface area contributed by atoms with Crippen LogP contribution in [-0.2, 0) is 13.2 Å². The van der Waals surface area contributed by atoms with Crippen molar-refractivity contribution >= 4 is 11.3 Å². The summed E-state index contributed by atoms with van der Waals surface area (Å²) in [4.78, 5) is 0. The minimum Gasteiger partial charge on any atom is -0.490 e. The largest absolute Gasteiger partial charge is 0.490 e. The number of aliphatic hydroxyl groups is 1. The second-order valence-electron chi connectivity index (χ2n) is 3.76. The second-order valence-corrected chi connectivity index (χ2v) is 4.54. The quantitative estimate of drug-likeness (QED) is 0.870. The molecule has 4 heteroatoms. The van der Waals surface area contributed by atoms with E-state index in [4.69, 9.17) is 9.47 Å². The number of ether oxygens (including phenoxy) is 2. The van der Waals surface area contributed by atoms with Gasteiger partial charge in [-0.25, -0.2) is 0 Å². The third kappa shape index (κ3) is 3.03. The van der Waals surface area contributed by atoms with Gasteiger partial charge >= 0.3 is 0 Å². The molecule has 0 saturated carbocycles. The molecule has 0 spiro atoms. The van der Waals surface area contributed by atoms with Gasteiger partial charge in [-0.15, -0.1) is 0 Å². The van der Waals surface area contributed by atoms with Gasteiger partial charge in [-0.05, 0) is 35.4 Å². The van der Waals surface area contributed by atoms with Crippen LogP contribution in [0.4, 0.5) is 0 Å². The molecule has 0 fully saturated rings. The van der Waals surface area contributed by atoms with Crippen LogP contribution in [0.15, 0.2) is 35.0 Å². The third-order valence-corrected chi connectivity index (χ3v) is 3.23. The van der Waals surface area contributed by atoms with Crippen molar-refractivity contribution in [3.8, 4) is 11.5 Å². The fourth-order valence-electron chi connectivity index (χ4n) is 1.65. The topological polar surface area (TPSA) is 38.7 Å². The average Bonchev–Trinajstić information content (AvgIpc) is 2.90. The first-order chi connectivity index (χ1) is 8.85.